The van der Waals surface area contributed by atoms with Crippen LogP contribution in [-0.2, 0) is 4.79 Å². The highest BCUT2D eigenvalue weighted by Gasteiger charge is 2.34. The van der Waals surface area contributed by atoms with Crippen LogP contribution in [0.3, 0.4) is 0 Å². The molecule has 0 spiro atoms. The van der Waals surface area contributed by atoms with Gasteiger partial charge in [0.1, 0.15) is 5.82 Å². The average Bonchev–Trinajstić information content (AvgIpc) is 2.85. The minimum atomic E-state index is -2.45. The Bertz CT molecular complexity index is 587. The average molecular weight is 358 g/mol. The van der Waals surface area contributed by atoms with E-state index in [-0.39, 0.29) is 17.3 Å². The fraction of sp³-hybridized carbons (Fsp3) is 0.588. The quantitative estimate of drug-likeness (QED) is 0.754. The van der Waals surface area contributed by atoms with Gasteiger partial charge in [0, 0.05) is 23.4 Å². The van der Waals surface area contributed by atoms with Crippen LogP contribution in [0.25, 0.3) is 0 Å². The molecule has 3 nitrogen and oxygen atoms in total. The SMILES string of the molecule is O=C(CC1CC2CCC(C1)N2)Nc1cc(F)ccc1SCC(F)F. The third kappa shape index (κ3) is 4.66. The zero-order chi connectivity index (χ0) is 17.1. The number of alkyl halides is 2. The van der Waals surface area contributed by atoms with Crippen LogP contribution in [0.15, 0.2) is 23.1 Å². The van der Waals surface area contributed by atoms with Crippen molar-refractivity contribution in [2.45, 2.75) is 55.5 Å². The molecule has 2 fully saturated rings. The van der Waals surface area contributed by atoms with Gasteiger partial charge in [-0.1, -0.05) is 0 Å². The minimum absolute atomic E-state index is 0.175. The lowest BCUT2D eigenvalue weighted by molar-refractivity contribution is -0.117. The Balaban J connectivity index is 1.59. The van der Waals surface area contributed by atoms with E-state index in [1.165, 1.54) is 31.0 Å². The predicted molar refractivity (Wildman–Crippen MR) is 89.0 cm³/mol. The Kier molecular flexibility index (Phi) is 5.71. The summed E-state index contributed by atoms with van der Waals surface area (Å²) in [5.41, 5.74) is 0.280. The van der Waals surface area contributed by atoms with E-state index in [1.54, 1.807) is 0 Å². The van der Waals surface area contributed by atoms with Crippen LogP contribution in [0, 0.1) is 11.7 Å². The molecule has 3 rings (SSSR count). The number of piperidine rings is 1. The number of carbonyl (C=O) groups excluding carboxylic acids is 1. The van der Waals surface area contributed by atoms with E-state index in [4.69, 9.17) is 0 Å². The van der Waals surface area contributed by atoms with E-state index in [9.17, 15) is 18.0 Å². The molecule has 0 aromatic heterocycles. The number of thioether (sulfide) groups is 1. The van der Waals surface area contributed by atoms with Crippen LogP contribution in [0.4, 0.5) is 18.9 Å². The van der Waals surface area contributed by atoms with Crippen molar-refractivity contribution < 1.29 is 18.0 Å². The molecule has 0 radical (unpaired) electrons. The molecule has 2 heterocycles. The number of nitrogens with one attached hydrogen (secondary N) is 2. The molecule has 2 saturated heterocycles. The summed E-state index contributed by atoms with van der Waals surface area (Å²) in [6.07, 6.45) is 2.25. The van der Waals surface area contributed by atoms with Crippen molar-refractivity contribution >= 4 is 23.4 Å². The summed E-state index contributed by atoms with van der Waals surface area (Å²) in [7, 11) is 0. The van der Waals surface area contributed by atoms with Gasteiger partial charge >= 0.3 is 0 Å². The molecule has 24 heavy (non-hydrogen) atoms. The van der Waals surface area contributed by atoms with Crippen LogP contribution in [-0.4, -0.2) is 30.2 Å². The van der Waals surface area contributed by atoms with E-state index in [0.717, 1.165) is 24.6 Å². The number of halogens is 3. The minimum Gasteiger partial charge on any atom is -0.325 e. The molecule has 132 valence electrons. The molecule has 7 heteroatoms. The maximum absolute atomic E-state index is 13.4. The summed E-state index contributed by atoms with van der Waals surface area (Å²) in [5, 5.41) is 6.24. The first-order chi connectivity index (χ1) is 11.5. The van der Waals surface area contributed by atoms with Gasteiger partial charge in [0.15, 0.2) is 0 Å². The molecule has 2 aliphatic heterocycles. The van der Waals surface area contributed by atoms with Crippen LogP contribution in [0.2, 0.25) is 0 Å². The van der Waals surface area contributed by atoms with Crippen molar-refractivity contribution in [2.75, 3.05) is 11.1 Å². The first-order valence-electron chi connectivity index (χ1n) is 8.26. The zero-order valence-electron chi connectivity index (χ0n) is 13.2. The second-order valence-electron chi connectivity index (χ2n) is 6.57. The highest BCUT2D eigenvalue weighted by Crippen LogP contribution is 2.34. The number of benzene rings is 1. The molecule has 2 atom stereocenters. The van der Waals surface area contributed by atoms with Gasteiger partial charge in [0.05, 0.1) is 11.4 Å². The number of hydrogen-bond donors (Lipinski definition) is 2. The third-order valence-electron chi connectivity index (χ3n) is 4.63. The summed E-state index contributed by atoms with van der Waals surface area (Å²) in [5.74, 6) is -0.724. The van der Waals surface area contributed by atoms with E-state index in [2.05, 4.69) is 10.6 Å². The molecule has 1 amide bonds. The normalized spacial score (nSPS) is 25.9. The summed E-state index contributed by atoms with van der Waals surface area (Å²) in [6, 6.07) is 4.86. The second kappa shape index (κ2) is 7.78. The maximum Gasteiger partial charge on any atom is 0.247 e. The zero-order valence-corrected chi connectivity index (χ0v) is 14.1. The second-order valence-corrected chi connectivity index (χ2v) is 7.63. The van der Waals surface area contributed by atoms with Crippen molar-refractivity contribution in [1.29, 1.82) is 0 Å². The lowest BCUT2D eigenvalue weighted by Crippen LogP contribution is -2.39. The number of carbonyl (C=O) groups is 1. The largest absolute Gasteiger partial charge is 0.325 e. The molecule has 2 unspecified atom stereocenters. The van der Waals surface area contributed by atoms with E-state index in [1.807, 2.05) is 0 Å². The molecule has 2 bridgehead atoms. The summed E-state index contributed by atoms with van der Waals surface area (Å²) >= 11 is 0.921. The molecule has 1 aromatic carbocycles. The van der Waals surface area contributed by atoms with Crippen LogP contribution in [0.1, 0.15) is 32.1 Å². The van der Waals surface area contributed by atoms with Gasteiger partial charge in [-0.15, -0.1) is 11.8 Å². The van der Waals surface area contributed by atoms with E-state index in [0.29, 0.717) is 29.3 Å². The monoisotopic (exact) mass is 358 g/mol. The first kappa shape index (κ1) is 17.6. The number of amides is 1. The Hall–Kier alpha value is -1.21. The Morgan fingerprint density at radius 2 is 2.00 bits per heavy atom. The molecule has 0 aliphatic carbocycles. The van der Waals surface area contributed by atoms with Crippen molar-refractivity contribution in [3.63, 3.8) is 0 Å². The Morgan fingerprint density at radius 1 is 1.29 bits per heavy atom. The van der Waals surface area contributed by atoms with Gasteiger partial charge in [0.2, 0.25) is 12.3 Å². The number of fused-ring (bicyclic) bond motifs is 2. The van der Waals surface area contributed by atoms with Crippen molar-refractivity contribution in [1.82, 2.24) is 5.32 Å². The highest BCUT2D eigenvalue weighted by atomic mass is 32.2. The summed E-state index contributed by atoms with van der Waals surface area (Å²) in [6.45, 7) is 0. The van der Waals surface area contributed by atoms with Crippen LogP contribution >= 0.6 is 11.8 Å². The maximum atomic E-state index is 13.4. The molecular formula is C17H21F3N2OS. The molecular weight excluding hydrogens is 337 g/mol. The van der Waals surface area contributed by atoms with Crippen LogP contribution in [0.5, 0.6) is 0 Å². The lowest BCUT2D eigenvalue weighted by atomic mass is 9.89. The van der Waals surface area contributed by atoms with Gasteiger partial charge in [0.25, 0.3) is 0 Å². The smallest absolute Gasteiger partial charge is 0.247 e. The standard InChI is InChI=1S/C17H21F3N2OS/c18-11-1-4-15(24-9-16(19)20)14(8-11)22-17(23)7-10-5-12-2-3-13(6-10)21-12/h1,4,8,10,12-13,16,21H,2-3,5-7,9H2,(H,22,23). The van der Waals surface area contributed by atoms with Gasteiger partial charge in [-0.3, -0.25) is 4.79 Å². The van der Waals surface area contributed by atoms with Crippen molar-refractivity contribution in [2.24, 2.45) is 5.92 Å². The highest BCUT2D eigenvalue weighted by molar-refractivity contribution is 7.99. The fourth-order valence-corrected chi connectivity index (χ4v) is 4.42. The number of rotatable bonds is 6. The van der Waals surface area contributed by atoms with Gasteiger partial charge in [-0.2, -0.15) is 0 Å². The van der Waals surface area contributed by atoms with Gasteiger partial charge in [-0.25, -0.2) is 13.2 Å². The van der Waals surface area contributed by atoms with E-state index >= 15 is 0 Å². The van der Waals surface area contributed by atoms with Crippen LogP contribution < -0.4 is 10.6 Å². The molecule has 1 aromatic rings. The topological polar surface area (TPSA) is 41.1 Å². The number of anilines is 1. The molecule has 2 N–H and O–H groups in total. The third-order valence-corrected chi connectivity index (χ3v) is 5.71. The fourth-order valence-electron chi connectivity index (χ4n) is 3.68. The van der Waals surface area contributed by atoms with Crippen molar-refractivity contribution in [3.05, 3.63) is 24.0 Å². The van der Waals surface area contributed by atoms with E-state index < -0.39 is 12.2 Å². The molecule has 2 aliphatic rings. The first-order valence-corrected chi connectivity index (χ1v) is 9.24. The predicted octanol–water partition coefficient (Wildman–Crippen LogP) is 4.04. The summed E-state index contributed by atoms with van der Waals surface area (Å²) in [4.78, 5) is 12.8. The van der Waals surface area contributed by atoms with Gasteiger partial charge in [-0.05, 0) is 49.8 Å². The number of hydrogen-bond acceptors (Lipinski definition) is 3. The Labute approximate surface area is 143 Å². The Morgan fingerprint density at radius 3 is 2.67 bits per heavy atom. The van der Waals surface area contributed by atoms with Gasteiger partial charge < -0.3 is 10.6 Å². The lowest BCUT2D eigenvalue weighted by Gasteiger charge is -2.28. The van der Waals surface area contributed by atoms with Crippen molar-refractivity contribution in [3.8, 4) is 0 Å². The summed E-state index contributed by atoms with van der Waals surface area (Å²) < 4.78 is 38.2. The molecule has 0 saturated carbocycles.